The van der Waals surface area contributed by atoms with E-state index in [-0.39, 0.29) is 18.4 Å². The summed E-state index contributed by atoms with van der Waals surface area (Å²) in [5.74, 6) is -0.116. The molecule has 3 amide bonds. The molecule has 0 fully saturated rings. The fraction of sp³-hybridized carbons (Fsp3) is 0.333. The van der Waals surface area contributed by atoms with E-state index in [0.717, 1.165) is 16.9 Å². The van der Waals surface area contributed by atoms with Crippen LogP contribution >= 0.6 is 11.3 Å². The van der Waals surface area contributed by atoms with E-state index >= 15 is 0 Å². The highest BCUT2D eigenvalue weighted by Crippen LogP contribution is 2.23. The van der Waals surface area contributed by atoms with Crippen LogP contribution in [0.4, 0.5) is 4.79 Å². The van der Waals surface area contributed by atoms with Gasteiger partial charge in [0, 0.05) is 4.88 Å². The zero-order valence-corrected chi connectivity index (χ0v) is 14.7. The van der Waals surface area contributed by atoms with Gasteiger partial charge in [-0.2, -0.15) is 0 Å². The lowest BCUT2D eigenvalue weighted by Gasteiger charge is -2.20. The van der Waals surface area contributed by atoms with Crippen molar-refractivity contribution in [2.75, 3.05) is 0 Å². The Morgan fingerprint density at radius 2 is 1.83 bits per heavy atom. The Kier molecular flexibility index (Phi) is 6.37. The third kappa shape index (κ3) is 5.09. The van der Waals surface area contributed by atoms with Crippen LogP contribution in [0.5, 0.6) is 0 Å². The zero-order chi connectivity index (χ0) is 17.5. The number of carbonyl (C=O) groups is 2. The van der Waals surface area contributed by atoms with Crippen molar-refractivity contribution in [2.24, 2.45) is 5.73 Å². The molecule has 0 spiro atoms. The maximum atomic E-state index is 12.4. The highest BCUT2D eigenvalue weighted by molar-refractivity contribution is 7.10. The lowest BCUT2D eigenvalue weighted by atomic mass is 10.0. The second kappa shape index (κ2) is 8.49. The first-order valence-corrected chi connectivity index (χ1v) is 8.82. The van der Waals surface area contributed by atoms with Crippen molar-refractivity contribution in [3.05, 3.63) is 57.8 Å². The Balaban J connectivity index is 2.03. The number of nitrogens with one attached hydrogen (secondary N) is 2. The zero-order valence-electron chi connectivity index (χ0n) is 13.9. The molecule has 0 aliphatic heterocycles. The normalized spacial score (nSPS) is 13.1. The fourth-order valence-electron chi connectivity index (χ4n) is 2.54. The summed E-state index contributed by atoms with van der Waals surface area (Å²) in [6.07, 6.45) is 0.952. The molecular formula is C18H23N3O2S. The summed E-state index contributed by atoms with van der Waals surface area (Å²) in [6, 6.07) is 10.8. The van der Waals surface area contributed by atoms with E-state index in [4.69, 9.17) is 5.73 Å². The van der Waals surface area contributed by atoms with Crippen LogP contribution in [-0.4, -0.2) is 11.9 Å². The molecule has 1 aromatic heterocycles. The van der Waals surface area contributed by atoms with Crippen LogP contribution in [0, 0.1) is 6.92 Å². The molecule has 0 saturated heterocycles. The van der Waals surface area contributed by atoms with Gasteiger partial charge in [0.1, 0.15) is 0 Å². The van der Waals surface area contributed by atoms with Gasteiger partial charge in [0.25, 0.3) is 0 Å². The lowest BCUT2D eigenvalue weighted by Crippen LogP contribution is -2.37. The van der Waals surface area contributed by atoms with Gasteiger partial charge in [-0.3, -0.25) is 4.79 Å². The van der Waals surface area contributed by atoms with Crippen LogP contribution in [0.1, 0.15) is 47.9 Å². The van der Waals surface area contributed by atoms with E-state index < -0.39 is 12.1 Å². The van der Waals surface area contributed by atoms with Gasteiger partial charge in [-0.1, -0.05) is 42.8 Å². The number of rotatable bonds is 7. The third-order valence-corrected chi connectivity index (χ3v) is 4.80. The number of urea groups is 1. The first-order chi connectivity index (χ1) is 11.5. The molecule has 0 saturated carbocycles. The molecule has 128 valence electrons. The molecule has 0 bridgehead atoms. The molecule has 2 rings (SSSR count). The summed E-state index contributed by atoms with van der Waals surface area (Å²) in [6.45, 7) is 4.06. The molecule has 0 aliphatic carbocycles. The van der Waals surface area contributed by atoms with Gasteiger partial charge in [-0.05, 0) is 30.4 Å². The van der Waals surface area contributed by atoms with Gasteiger partial charge in [0.15, 0.2) is 0 Å². The molecule has 0 unspecified atom stereocenters. The van der Waals surface area contributed by atoms with E-state index in [9.17, 15) is 9.59 Å². The minimum atomic E-state index is -0.633. The largest absolute Gasteiger partial charge is 0.352 e. The lowest BCUT2D eigenvalue weighted by molar-refractivity contribution is -0.122. The highest BCUT2D eigenvalue weighted by Gasteiger charge is 2.20. The number of benzene rings is 1. The van der Waals surface area contributed by atoms with Crippen LogP contribution < -0.4 is 16.4 Å². The Labute approximate surface area is 146 Å². The van der Waals surface area contributed by atoms with Crippen LogP contribution in [0.3, 0.4) is 0 Å². The van der Waals surface area contributed by atoms with E-state index in [1.807, 2.05) is 55.6 Å². The molecule has 1 heterocycles. The van der Waals surface area contributed by atoms with Crippen LogP contribution in [0.15, 0.2) is 41.8 Å². The Morgan fingerprint density at radius 1 is 1.12 bits per heavy atom. The maximum Gasteiger partial charge on any atom is 0.312 e. The first kappa shape index (κ1) is 18.0. The number of hydrogen-bond donors (Lipinski definition) is 3. The van der Waals surface area contributed by atoms with Gasteiger partial charge >= 0.3 is 6.03 Å². The fourth-order valence-corrected chi connectivity index (χ4v) is 3.32. The van der Waals surface area contributed by atoms with Crippen molar-refractivity contribution in [1.29, 1.82) is 0 Å². The summed E-state index contributed by atoms with van der Waals surface area (Å²) in [7, 11) is 0. The molecule has 24 heavy (non-hydrogen) atoms. The van der Waals surface area contributed by atoms with E-state index in [1.165, 1.54) is 16.9 Å². The van der Waals surface area contributed by atoms with Crippen molar-refractivity contribution in [1.82, 2.24) is 10.6 Å². The number of primary amides is 1. The van der Waals surface area contributed by atoms with E-state index in [1.54, 1.807) is 0 Å². The highest BCUT2D eigenvalue weighted by atomic mass is 32.1. The Hall–Kier alpha value is -2.34. The predicted molar refractivity (Wildman–Crippen MR) is 96.7 cm³/mol. The summed E-state index contributed by atoms with van der Waals surface area (Å²) in [5.41, 5.74) is 7.49. The minimum absolute atomic E-state index is 0.0457. The van der Waals surface area contributed by atoms with Crippen molar-refractivity contribution < 1.29 is 9.59 Å². The molecule has 4 N–H and O–H groups in total. The first-order valence-electron chi connectivity index (χ1n) is 7.95. The molecule has 1 aromatic carbocycles. The quantitative estimate of drug-likeness (QED) is 0.718. The van der Waals surface area contributed by atoms with Crippen LogP contribution in [0.25, 0.3) is 0 Å². The Bertz CT molecular complexity index is 668. The SMILES string of the molecule is CC[C@H](NC(=O)C[C@@H](NC(N)=O)c1cccs1)c1ccc(C)cc1. The standard InChI is InChI=1S/C18H23N3O2S/c1-3-14(13-8-6-12(2)7-9-13)20-17(22)11-15(21-18(19)23)16-5-4-10-24-16/h4-10,14-15H,3,11H2,1-2H3,(H,20,22)(H3,19,21,23)/t14-,15+/m0/s1. The van der Waals surface area contributed by atoms with Gasteiger partial charge in [-0.25, -0.2) is 4.79 Å². The molecule has 6 heteroatoms. The number of nitrogens with two attached hydrogens (primary N) is 1. The summed E-state index contributed by atoms with van der Waals surface area (Å²) in [5, 5.41) is 7.59. The minimum Gasteiger partial charge on any atom is -0.352 e. The second-order valence-corrected chi connectivity index (χ2v) is 6.70. The molecular weight excluding hydrogens is 322 g/mol. The van der Waals surface area contributed by atoms with Gasteiger partial charge in [-0.15, -0.1) is 11.3 Å². The Morgan fingerprint density at radius 3 is 2.38 bits per heavy atom. The number of aryl methyl sites for hydroxylation is 1. The number of carbonyl (C=O) groups excluding carboxylic acids is 2. The maximum absolute atomic E-state index is 12.4. The van der Waals surface area contributed by atoms with Gasteiger partial charge < -0.3 is 16.4 Å². The number of amides is 3. The monoisotopic (exact) mass is 345 g/mol. The molecule has 2 atom stereocenters. The second-order valence-electron chi connectivity index (χ2n) is 5.72. The molecule has 0 aliphatic rings. The van der Waals surface area contributed by atoms with Gasteiger partial charge in [0.2, 0.25) is 5.91 Å². The third-order valence-electron chi connectivity index (χ3n) is 3.82. The summed E-state index contributed by atoms with van der Waals surface area (Å²) >= 11 is 1.49. The number of hydrogen-bond acceptors (Lipinski definition) is 3. The van der Waals surface area contributed by atoms with Crippen LogP contribution in [-0.2, 0) is 4.79 Å². The molecule has 5 nitrogen and oxygen atoms in total. The van der Waals surface area contributed by atoms with Crippen LogP contribution in [0.2, 0.25) is 0 Å². The van der Waals surface area contributed by atoms with Crippen molar-refractivity contribution in [3.63, 3.8) is 0 Å². The average Bonchev–Trinajstić information content (AvgIpc) is 3.07. The summed E-state index contributed by atoms with van der Waals surface area (Å²) < 4.78 is 0. The van der Waals surface area contributed by atoms with E-state index in [0.29, 0.717) is 0 Å². The topological polar surface area (TPSA) is 84.2 Å². The smallest absolute Gasteiger partial charge is 0.312 e. The van der Waals surface area contributed by atoms with Crippen molar-refractivity contribution >= 4 is 23.3 Å². The average molecular weight is 345 g/mol. The van der Waals surface area contributed by atoms with Crippen molar-refractivity contribution in [3.8, 4) is 0 Å². The van der Waals surface area contributed by atoms with Gasteiger partial charge in [0.05, 0.1) is 18.5 Å². The van der Waals surface area contributed by atoms with Crippen molar-refractivity contribution in [2.45, 2.75) is 38.8 Å². The summed E-state index contributed by atoms with van der Waals surface area (Å²) in [4.78, 5) is 24.6. The molecule has 0 radical (unpaired) electrons. The molecule has 2 aromatic rings. The predicted octanol–water partition coefficient (Wildman–Crippen LogP) is 3.42. The van der Waals surface area contributed by atoms with E-state index in [2.05, 4.69) is 10.6 Å². The number of thiophene rings is 1.